The molecule has 3 aromatic rings. The van der Waals surface area contributed by atoms with Crippen LogP contribution in [0.4, 0.5) is 5.82 Å². The van der Waals surface area contributed by atoms with Crippen molar-refractivity contribution in [2.24, 2.45) is 0 Å². The number of aliphatic hydroxyl groups excluding tert-OH is 3. The molecule has 2 aromatic heterocycles. The zero-order valence-corrected chi connectivity index (χ0v) is 14.4. The second kappa shape index (κ2) is 6.74. The lowest BCUT2D eigenvalue weighted by atomic mass is 10.1. The molecule has 0 bridgehead atoms. The molecule has 4 rings (SSSR count). The van der Waals surface area contributed by atoms with E-state index in [0.29, 0.717) is 11.3 Å². The van der Waals surface area contributed by atoms with Crippen LogP contribution >= 0.6 is 0 Å². The highest BCUT2D eigenvalue weighted by molar-refractivity contribution is 5.82. The SMILES string of the molecule is Cc1ccc(Oc2nc(N)c3ncn([C@@H]4O[C@H](CO)[C@@H](O)[C@H]4O)c3n2)cc1. The predicted octanol–water partition coefficient (Wildman–Crippen LogP) is 0.121. The molecule has 0 aliphatic carbocycles. The Morgan fingerprint density at radius 3 is 2.59 bits per heavy atom. The van der Waals surface area contributed by atoms with Gasteiger partial charge in [-0.2, -0.15) is 9.97 Å². The van der Waals surface area contributed by atoms with Gasteiger partial charge in [0.1, 0.15) is 24.1 Å². The summed E-state index contributed by atoms with van der Waals surface area (Å²) in [5.41, 5.74) is 7.63. The number of nitrogens with two attached hydrogens (primary N) is 1. The molecule has 4 atom stereocenters. The van der Waals surface area contributed by atoms with Crippen LogP contribution in [-0.2, 0) is 4.74 Å². The van der Waals surface area contributed by atoms with Crippen LogP contribution in [0.2, 0.25) is 0 Å². The van der Waals surface area contributed by atoms with Gasteiger partial charge in [-0.15, -0.1) is 0 Å². The number of aromatic nitrogens is 4. The number of aliphatic hydroxyl groups is 3. The molecular weight excluding hydrogens is 354 g/mol. The summed E-state index contributed by atoms with van der Waals surface area (Å²) in [4.78, 5) is 12.6. The van der Waals surface area contributed by atoms with Gasteiger partial charge in [0.2, 0.25) is 0 Å². The first kappa shape index (κ1) is 17.6. The van der Waals surface area contributed by atoms with Crippen molar-refractivity contribution < 1.29 is 24.8 Å². The van der Waals surface area contributed by atoms with Crippen molar-refractivity contribution in [1.82, 2.24) is 19.5 Å². The van der Waals surface area contributed by atoms with E-state index in [9.17, 15) is 15.3 Å². The van der Waals surface area contributed by atoms with Crippen molar-refractivity contribution in [1.29, 1.82) is 0 Å². The average Bonchev–Trinajstić information content (AvgIpc) is 3.19. The fraction of sp³-hybridized carbons (Fsp3) is 0.353. The third kappa shape index (κ3) is 3.08. The highest BCUT2D eigenvalue weighted by Crippen LogP contribution is 2.32. The molecule has 0 saturated carbocycles. The number of ether oxygens (including phenoxy) is 2. The average molecular weight is 373 g/mol. The Morgan fingerprint density at radius 1 is 1.19 bits per heavy atom. The van der Waals surface area contributed by atoms with Crippen LogP contribution in [0.25, 0.3) is 11.2 Å². The van der Waals surface area contributed by atoms with Crippen molar-refractivity contribution in [3.63, 3.8) is 0 Å². The van der Waals surface area contributed by atoms with E-state index in [0.717, 1.165) is 5.56 Å². The Morgan fingerprint density at radius 2 is 1.93 bits per heavy atom. The van der Waals surface area contributed by atoms with Gasteiger partial charge in [0.05, 0.1) is 12.9 Å². The third-order valence-corrected chi connectivity index (χ3v) is 4.45. The third-order valence-electron chi connectivity index (χ3n) is 4.45. The lowest BCUT2D eigenvalue weighted by Gasteiger charge is -2.16. The van der Waals surface area contributed by atoms with E-state index in [1.807, 2.05) is 19.1 Å². The highest BCUT2D eigenvalue weighted by Gasteiger charge is 2.44. The Labute approximate surface area is 153 Å². The zero-order valence-electron chi connectivity index (χ0n) is 14.4. The van der Waals surface area contributed by atoms with E-state index >= 15 is 0 Å². The van der Waals surface area contributed by atoms with Crippen LogP contribution in [-0.4, -0.2) is 59.8 Å². The lowest BCUT2D eigenvalue weighted by molar-refractivity contribution is -0.0511. The van der Waals surface area contributed by atoms with Gasteiger partial charge in [-0.25, -0.2) is 4.98 Å². The summed E-state index contributed by atoms with van der Waals surface area (Å²) in [5.74, 6) is 0.644. The molecule has 0 radical (unpaired) electrons. The maximum absolute atomic E-state index is 10.2. The predicted molar refractivity (Wildman–Crippen MR) is 94.0 cm³/mol. The minimum atomic E-state index is -1.27. The van der Waals surface area contributed by atoms with Crippen LogP contribution in [0.1, 0.15) is 11.8 Å². The number of rotatable bonds is 4. The smallest absolute Gasteiger partial charge is 0.326 e. The van der Waals surface area contributed by atoms with Crippen molar-refractivity contribution in [3.05, 3.63) is 36.2 Å². The molecule has 1 aliphatic heterocycles. The Hall–Kier alpha value is -2.79. The van der Waals surface area contributed by atoms with Gasteiger partial charge in [-0.3, -0.25) is 4.57 Å². The fourth-order valence-electron chi connectivity index (χ4n) is 2.97. The Balaban J connectivity index is 1.71. The molecule has 0 spiro atoms. The summed E-state index contributed by atoms with van der Waals surface area (Å²) in [6.07, 6.45) is -3.02. The molecule has 10 heteroatoms. The van der Waals surface area contributed by atoms with E-state index in [-0.39, 0.29) is 17.5 Å². The molecule has 27 heavy (non-hydrogen) atoms. The number of fused-ring (bicyclic) bond motifs is 1. The van der Waals surface area contributed by atoms with Gasteiger partial charge in [0.15, 0.2) is 23.2 Å². The number of aryl methyl sites for hydroxylation is 1. The topological polar surface area (TPSA) is 149 Å². The van der Waals surface area contributed by atoms with E-state index in [2.05, 4.69) is 15.0 Å². The summed E-state index contributed by atoms with van der Waals surface area (Å²) in [7, 11) is 0. The number of hydrogen-bond acceptors (Lipinski definition) is 9. The van der Waals surface area contributed by atoms with Gasteiger partial charge in [0.25, 0.3) is 0 Å². The van der Waals surface area contributed by atoms with Crippen LogP contribution in [0.15, 0.2) is 30.6 Å². The van der Waals surface area contributed by atoms with E-state index in [1.165, 1.54) is 10.9 Å². The Bertz CT molecular complexity index is 960. The molecule has 5 N–H and O–H groups in total. The summed E-state index contributed by atoms with van der Waals surface area (Å²) in [6.45, 7) is 1.53. The van der Waals surface area contributed by atoms with E-state index in [1.54, 1.807) is 12.1 Å². The maximum Gasteiger partial charge on any atom is 0.326 e. The van der Waals surface area contributed by atoms with Crippen molar-refractivity contribution in [2.45, 2.75) is 31.5 Å². The minimum Gasteiger partial charge on any atom is -0.424 e. The highest BCUT2D eigenvalue weighted by atomic mass is 16.6. The molecule has 0 amide bonds. The van der Waals surface area contributed by atoms with Gasteiger partial charge in [-0.05, 0) is 19.1 Å². The summed E-state index contributed by atoms with van der Waals surface area (Å²) in [6, 6.07) is 7.35. The van der Waals surface area contributed by atoms with Crippen LogP contribution < -0.4 is 10.5 Å². The van der Waals surface area contributed by atoms with Gasteiger partial charge < -0.3 is 30.5 Å². The van der Waals surface area contributed by atoms with Crippen LogP contribution in [0.3, 0.4) is 0 Å². The second-order valence-electron chi connectivity index (χ2n) is 6.36. The normalized spacial score (nSPS) is 25.2. The van der Waals surface area contributed by atoms with Gasteiger partial charge >= 0.3 is 6.01 Å². The minimum absolute atomic E-state index is 0.0114. The van der Waals surface area contributed by atoms with E-state index in [4.69, 9.17) is 15.2 Å². The molecule has 1 aromatic carbocycles. The number of nitrogen functional groups attached to an aromatic ring is 1. The first-order chi connectivity index (χ1) is 13.0. The Kier molecular flexibility index (Phi) is 4.40. The van der Waals surface area contributed by atoms with Crippen molar-refractivity contribution in [2.75, 3.05) is 12.3 Å². The molecule has 10 nitrogen and oxygen atoms in total. The summed E-state index contributed by atoms with van der Waals surface area (Å²) in [5, 5.41) is 29.5. The molecule has 1 fully saturated rings. The van der Waals surface area contributed by atoms with Gasteiger partial charge in [0, 0.05) is 0 Å². The van der Waals surface area contributed by atoms with Crippen molar-refractivity contribution >= 4 is 17.0 Å². The van der Waals surface area contributed by atoms with E-state index < -0.39 is 31.1 Å². The molecule has 1 saturated heterocycles. The number of benzene rings is 1. The van der Waals surface area contributed by atoms with Crippen LogP contribution in [0, 0.1) is 6.92 Å². The molecule has 0 unspecified atom stereocenters. The first-order valence-electron chi connectivity index (χ1n) is 8.35. The number of nitrogens with zero attached hydrogens (tertiary/aromatic N) is 4. The standard InChI is InChI=1S/C17H19N5O5/c1-8-2-4-9(5-3-8)26-17-20-14(18)11-15(21-17)22(7-19-11)16-13(25)12(24)10(6-23)27-16/h2-5,7,10,12-13,16,23-25H,6H2,1H3,(H2,18,20,21)/t10-,12-,13-,16-/m1/s1. The summed E-state index contributed by atoms with van der Waals surface area (Å²) >= 11 is 0. The largest absolute Gasteiger partial charge is 0.424 e. The lowest BCUT2D eigenvalue weighted by Crippen LogP contribution is -2.33. The van der Waals surface area contributed by atoms with Crippen LogP contribution in [0.5, 0.6) is 11.8 Å². The maximum atomic E-state index is 10.2. The number of imidazole rings is 1. The second-order valence-corrected chi connectivity index (χ2v) is 6.36. The summed E-state index contributed by atoms with van der Waals surface area (Å²) < 4.78 is 12.6. The molecule has 3 heterocycles. The van der Waals surface area contributed by atoms with Crippen molar-refractivity contribution in [3.8, 4) is 11.8 Å². The zero-order chi connectivity index (χ0) is 19.1. The fourth-order valence-corrected chi connectivity index (χ4v) is 2.97. The number of anilines is 1. The number of hydrogen-bond donors (Lipinski definition) is 4. The molecule has 142 valence electrons. The molecular formula is C17H19N5O5. The first-order valence-corrected chi connectivity index (χ1v) is 8.35. The van der Waals surface area contributed by atoms with Gasteiger partial charge in [-0.1, -0.05) is 17.7 Å². The monoisotopic (exact) mass is 373 g/mol. The molecule has 1 aliphatic rings. The quantitative estimate of drug-likeness (QED) is 0.500.